The molecule has 2 heterocycles. The van der Waals surface area contributed by atoms with Crippen LogP contribution in [0.5, 0.6) is 11.5 Å². The molecule has 150 valence electrons. The first-order valence-electron chi connectivity index (χ1n) is 9.53. The highest BCUT2D eigenvalue weighted by atomic mass is 32.2. The van der Waals surface area contributed by atoms with Crippen LogP contribution in [0.25, 0.3) is 0 Å². The highest BCUT2D eigenvalue weighted by molar-refractivity contribution is 7.89. The predicted octanol–water partition coefficient (Wildman–Crippen LogP) is 2.85. The maximum absolute atomic E-state index is 13.2. The minimum Gasteiger partial charge on any atom is -0.454 e. The molecule has 0 amide bonds. The number of ether oxygens (including phenoxy) is 2. The zero-order valence-corrected chi connectivity index (χ0v) is 17.4. The quantitative estimate of drug-likeness (QED) is 0.787. The van der Waals surface area contributed by atoms with E-state index in [1.165, 1.54) is 0 Å². The second kappa shape index (κ2) is 7.39. The Morgan fingerprint density at radius 2 is 1.54 bits per heavy atom. The fourth-order valence-corrected chi connectivity index (χ4v) is 5.96. The molecular weight excluding hydrogens is 376 g/mol. The smallest absolute Gasteiger partial charge is 0.243 e. The first-order valence-corrected chi connectivity index (χ1v) is 11.0. The normalized spacial score (nSPS) is 17.8. The summed E-state index contributed by atoms with van der Waals surface area (Å²) in [5.74, 6) is 1.56. The Labute approximate surface area is 166 Å². The van der Waals surface area contributed by atoms with Crippen LogP contribution in [0.2, 0.25) is 0 Å². The van der Waals surface area contributed by atoms with Crippen LogP contribution in [0.1, 0.15) is 22.3 Å². The number of fused-ring (bicyclic) bond motifs is 1. The van der Waals surface area contributed by atoms with Crippen LogP contribution in [0.15, 0.2) is 35.2 Å². The van der Waals surface area contributed by atoms with E-state index in [1.807, 2.05) is 51.1 Å². The predicted molar refractivity (Wildman–Crippen MR) is 107 cm³/mol. The monoisotopic (exact) mass is 402 g/mol. The summed E-state index contributed by atoms with van der Waals surface area (Å²) in [4.78, 5) is 2.74. The standard InChI is InChI=1S/C21H26N2O4S/c1-15-10-16(2)21(17(3)11-15)28(24,25)23-8-6-22(7-9-23)13-18-4-5-19-20(12-18)27-14-26-19/h4-5,10-12H,6-9,13-14H2,1-3H3. The molecule has 2 aliphatic rings. The van der Waals surface area contributed by atoms with E-state index >= 15 is 0 Å². The van der Waals surface area contributed by atoms with Gasteiger partial charge in [0, 0.05) is 32.7 Å². The Kier molecular flexibility index (Phi) is 5.07. The molecule has 4 rings (SSSR count). The Hall–Kier alpha value is -2.09. The molecule has 0 N–H and O–H groups in total. The van der Waals surface area contributed by atoms with Crippen LogP contribution in [0.4, 0.5) is 0 Å². The van der Waals surface area contributed by atoms with Gasteiger partial charge in [0.25, 0.3) is 0 Å². The van der Waals surface area contributed by atoms with Crippen molar-refractivity contribution in [2.75, 3.05) is 33.0 Å². The van der Waals surface area contributed by atoms with Gasteiger partial charge in [-0.2, -0.15) is 4.31 Å². The van der Waals surface area contributed by atoms with Crippen molar-refractivity contribution in [1.82, 2.24) is 9.21 Å². The van der Waals surface area contributed by atoms with E-state index in [4.69, 9.17) is 9.47 Å². The van der Waals surface area contributed by atoms with E-state index in [1.54, 1.807) is 4.31 Å². The fourth-order valence-electron chi connectivity index (χ4n) is 4.13. The van der Waals surface area contributed by atoms with Crippen LogP contribution in [-0.4, -0.2) is 50.6 Å². The number of piperazine rings is 1. The molecule has 0 aliphatic carbocycles. The van der Waals surface area contributed by atoms with Gasteiger partial charge in [0.15, 0.2) is 11.5 Å². The highest BCUT2D eigenvalue weighted by Crippen LogP contribution is 2.33. The minimum absolute atomic E-state index is 0.271. The molecule has 6 nitrogen and oxygen atoms in total. The third kappa shape index (κ3) is 3.62. The Morgan fingerprint density at radius 1 is 0.893 bits per heavy atom. The number of benzene rings is 2. The van der Waals surface area contributed by atoms with Gasteiger partial charge in [-0.1, -0.05) is 23.8 Å². The number of nitrogens with zero attached hydrogens (tertiary/aromatic N) is 2. The van der Waals surface area contributed by atoms with Crippen molar-refractivity contribution in [2.24, 2.45) is 0 Å². The second-order valence-electron chi connectivity index (χ2n) is 7.60. The average Bonchev–Trinajstić information content (AvgIpc) is 3.09. The molecule has 0 saturated carbocycles. The van der Waals surface area contributed by atoms with Crippen LogP contribution < -0.4 is 9.47 Å². The summed E-state index contributed by atoms with van der Waals surface area (Å²) < 4.78 is 38.8. The molecule has 0 aromatic heterocycles. The maximum Gasteiger partial charge on any atom is 0.243 e. The summed E-state index contributed by atoms with van der Waals surface area (Å²) >= 11 is 0. The third-order valence-corrected chi connectivity index (χ3v) is 7.58. The van der Waals surface area contributed by atoms with E-state index in [9.17, 15) is 8.42 Å². The van der Waals surface area contributed by atoms with Crippen LogP contribution in [0, 0.1) is 20.8 Å². The van der Waals surface area contributed by atoms with Crippen LogP contribution in [0.3, 0.4) is 0 Å². The van der Waals surface area contributed by atoms with Gasteiger partial charge in [0.05, 0.1) is 4.90 Å². The summed E-state index contributed by atoms with van der Waals surface area (Å²) in [6.45, 7) is 9.20. The van der Waals surface area contributed by atoms with Crippen molar-refractivity contribution in [3.05, 3.63) is 52.6 Å². The van der Waals surface area contributed by atoms with E-state index in [2.05, 4.69) is 4.90 Å². The van der Waals surface area contributed by atoms with Gasteiger partial charge in [0.2, 0.25) is 16.8 Å². The van der Waals surface area contributed by atoms with Gasteiger partial charge in [-0.3, -0.25) is 4.90 Å². The molecule has 0 unspecified atom stereocenters. The van der Waals surface area contributed by atoms with Crippen LogP contribution >= 0.6 is 0 Å². The molecule has 0 bridgehead atoms. The highest BCUT2D eigenvalue weighted by Gasteiger charge is 2.31. The molecule has 0 spiro atoms. The van der Waals surface area contributed by atoms with Gasteiger partial charge in [-0.15, -0.1) is 0 Å². The van der Waals surface area contributed by atoms with Crippen molar-refractivity contribution in [1.29, 1.82) is 0 Å². The summed E-state index contributed by atoms with van der Waals surface area (Å²) in [6.07, 6.45) is 0. The summed E-state index contributed by atoms with van der Waals surface area (Å²) in [5.41, 5.74) is 3.87. The molecule has 28 heavy (non-hydrogen) atoms. The van der Waals surface area contributed by atoms with Crippen molar-refractivity contribution in [2.45, 2.75) is 32.2 Å². The van der Waals surface area contributed by atoms with E-state index < -0.39 is 10.0 Å². The minimum atomic E-state index is -3.47. The third-order valence-electron chi connectivity index (χ3n) is 5.38. The molecule has 1 saturated heterocycles. The average molecular weight is 403 g/mol. The molecule has 1 fully saturated rings. The number of aryl methyl sites for hydroxylation is 3. The van der Waals surface area contributed by atoms with Crippen molar-refractivity contribution < 1.29 is 17.9 Å². The number of sulfonamides is 1. The van der Waals surface area contributed by atoms with Gasteiger partial charge in [0.1, 0.15) is 0 Å². The van der Waals surface area contributed by atoms with Crippen LogP contribution in [-0.2, 0) is 16.6 Å². The lowest BCUT2D eigenvalue weighted by Gasteiger charge is -2.34. The van der Waals surface area contributed by atoms with Gasteiger partial charge in [-0.05, 0) is 49.6 Å². The molecule has 0 radical (unpaired) electrons. The van der Waals surface area contributed by atoms with E-state index in [0.717, 1.165) is 40.3 Å². The molecule has 2 aliphatic heterocycles. The SMILES string of the molecule is Cc1cc(C)c(S(=O)(=O)N2CCN(Cc3ccc4c(c3)OCO4)CC2)c(C)c1. The largest absolute Gasteiger partial charge is 0.454 e. The molecule has 2 aromatic carbocycles. The van der Waals surface area contributed by atoms with Gasteiger partial charge < -0.3 is 9.47 Å². The molecule has 2 aromatic rings. The first-order chi connectivity index (χ1) is 13.3. The van der Waals surface area contributed by atoms with E-state index in [0.29, 0.717) is 31.1 Å². The number of hydrogen-bond donors (Lipinski definition) is 0. The van der Waals surface area contributed by atoms with Crippen molar-refractivity contribution >= 4 is 10.0 Å². The molecule has 7 heteroatoms. The Bertz CT molecular complexity index is 972. The summed E-state index contributed by atoms with van der Waals surface area (Å²) in [5, 5.41) is 0. The fraction of sp³-hybridized carbons (Fsp3) is 0.429. The first kappa shape index (κ1) is 19.2. The summed E-state index contributed by atoms with van der Waals surface area (Å²) in [7, 11) is -3.47. The number of rotatable bonds is 4. The molecular formula is C21H26N2O4S. The maximum atomic E-state index is 13.2. The van der Waals surface area contributed by atoms with E-state index in [-0.39, 0.29) is 6.79 Å². The zero-order chi connectivity index (χ0) is 19.9. The van der Waals surface area contributed by atoms with Gasteiger partial charge >= 0.3 is 0 Å². The van der Waals surface area contributed by atoms with Gasteiger partial charge in [-0.25, -0.2) is 8.42 Å². The number of hydrogen-bond acceptors (Lipinski definition) is 5. The second-order valence-corrected chi connectivity index (χ2v) is 9.47. The lowest BCUT2D eigenvalue weighted by molar-refractivity contribution is 0.173. The Morgan fingerprint density at radius 3 is 2.21 bits per heavy atom. The Balaban J connectivity index is 1.44. The zero-order valence-electron chi connectivity index (χ0n) is 16.6. The van der Waals surface area contributed by atoms with Crippen molar-refractivity contribution in [3.8, 4) is 11.5 Å². The topological polar surface area (TPSA) is 59.1 Å². The summed E-state index contributed by atoms with van der Waals surface area (Å²) in [6, 6.07) is 9.85. The van der Waals surface area contributed by atoms with Crippen molar-refractivity contribution in [3.63, 3.8) is 0 Å². The lowest BCUT2D eigenvalue weighted by atomic mass is 10.1. The lowest BCUT2D eigenvalue weighted by Crippen LogP contribution is -2.48. The molecule has 0 atom stereocenters.